The summed E-state index contributed by atoms with van der Waals surface area (Å²) < 4.78 is 70.6. The van der Waals surface area contributed by atoms with Gasteiger partial charge in [-0.1, -0.05) is 0 Å². The molecular weight excluding hydrogens is 301 g/mol. The van der Waals surface area contributed by atoms with E-state index in [0.717, 1.165) is 0 Å². The molecule has 0 amide bonds. The van der Waals surface area contributed by atoms with E-state index in [1.54, 1.807) is 0 Å². The number of carbonyl (C=O) groups excluding carboxylic acids is 1. The van der Waals surface area contributed by atoms with Gasteiger partial charge in [0.2, 0.25) is 0 Å². The number of halogens is 5. The van der Waals surface area contributed by atoms with Crippen molar-refractivity contribution in [2.75, 3.05) is 6.61 Å². The van der Waals surface area contributed by atoms with Crippen LogP contribution in [0.3, 0.4) is 0 Å². The Bertz CT molecular complexity index is 577. The van der Waals surface area contributed by atoms with Crippen LogP contribution in [0.2, 0.25) is 0 Å². The van der Waals surface area contributed by atoms with Crippen LogP contribution in [0.1, 0.15) is 34.8 Å². The molecule has 0 N–H and O–H groups in total. The zero-order valence-electron chi connectivity index (χ0n) is 10.5. The summed E-state index contributed by atoms with van der Waals surface area (Å²) in [5.74, 6) is -2.66. The molecule has 0 fully saturated rings. The molecule has 0 unspecified atom stereocenters. The van der Waals surface area contributed by atoms with Gasteiger partial charge in [0.1, 0.15) is 5.56 Å². The smallest absolute Gasteiger partial charge is 0.462 e. The maximum Gasteiger partial charge on any atom is 0.573 e. The Morgan fingerprint density at radius 2 is 2.00 bits per heavy atom. The highest BCUT2D eigenvalue weighted by molar-refractivity contribution is 5.93. The Labute approximate surface area is 115 Å². The first kappa shape index (κ1) is 16.7. The van der Waals surface area contributed by atoms with Crippen LogP contribution < -0.4 is 4.74 Å². The van der Waals surface area contributed by atoms with Crippen molar-refractivity contribution in [2.45, 2.75) is 19.7 Å². The van der Waals surface area contributed by atoms with Gasteiger partial charge in [0.15, 0.2) is 5.75 Å². The second kappa shape index (κ2) is 6.39. The molecule has 9 heteroatoms. The molecule has 0 saturated heterocycles. The summed E-state index contributed by atoms with van der Waals surface area (Å²) in [6.07, 6.45) is -8.65. The molecule has 0 aliphatic heterocycles. The van der Waals surface area contributed by atoms with E-state index in [0.29, 0.717) is 12.1 Å². The summed E-state index contributed by atoms with van der Waals surface area (Å²) in [4.78, 5) is 11.6. The molecule has 0 aliphatic carbocycles. The van der Waals surface area contributed by atoms with Crippen molar-refractivity contribution < 1.29 is 36.2 Å². The van der Waals surface area contributed by atoms with E-state index in [1.807, 2.05) is 0 Å². The number of alkyl halides is 5. The van der Waals surface area contributed by atoms with Crippen LogP contribution in [0.4, 0.5) is 22.0 Å². The van der Waals surface area contributed by atoms with Crippen molar-refractivity contribution in [2.24, 2.45) is 0 Å². The number of ether oxygens (including phenoxy) is 2. The van der Waals surface area contributed by atoms with Crippen molar-refractivity contribution in [1.29, 1.82) is 5.26 Å². The number of carbonyl (C=O) groups is 1. The molecule has 0 radical (unpaired) electrons. The highest BCUT2D eigenvalue weighted by Gasteiger charge is 2.36. The Hall–Kier alpha value is -2.37. The van der Waals surface area contributed by atoms with Crippen LogP contribution in [0.15, 0.2) is 12.1 Å². The summed E-state index contributed by atoms with van der Waals surface area (Å²) in [6.45, 7) is 1.19. The summed E-state index contributed by atoms with van der Waals surface area (Å²) in [6, 6.07) is 2.69. The predicted molar refractivity (Wildman–Crippen MR) is 58.8 cm³/mol. The summed E-state index contributed by atoms with van der Waals surface area (Å²) in [7, 11) is 0. The van der Waals surface area contributed by atoms with Gasteiger partial charge >= 0.3 is 12.3 Å². The monoisotopic (exact) mass is 309 g/mol. The molecule has 114 valence electrons. The molecule has 1 aromatic rings. The van der Waals surface area contributed by atoms with Crippen molar-refractivity contribution in [3.05, 3.63) is 28.8 Å². The molecule has 21 heavy (non-hydrogen) atoms. The van der Waals surface area contributed by atoms with Crippen LogP contribution in [0.25, 0.3) is 0 Å². The number of esters is 1. The summed E-state index contributed by atoms with van der Waals surface area (Å²) in [5.41, 5.74) is -2.51. The average Bonchev–Trinajstić information content (AvgIpc) is 2.36. The molecule has 0 spiro atoms. The third-order valence-corrected chi connectivity index (χ3v) is 2.19. The number of rotatable bonds is 4. The number of nitrogens with zero attached hydrogens (tertiary/aromatic N) is 1. The van der Waals surface area contributed by atoms with Gasteiger partial charge in [-0.25, -0.2) is 13.6 Å². The first-order valence-corrected chi connectivity index (χ1v) is 5.48. The van der Waals surface area contributed by atoms with Crippen molar-refractivity contribution >= 4 is 5.97 Å². The van der Waals surface area contributed by atoms with Crippen LogP contribution >= 0.6 is 0 Å². The molecule has 1 aromatic carbocycles. The molecule has 0 aromatic heterocycles. The fraction of sp³-hybridized carbons (Fsp3) is 0.333. The van der Waals surface area contributed by atoms with Gasteiger partial charge in [0, 0.05) is 0 Å². The molecule has 0 heterocycles. The van der Waals surface area contributed by atoms with E-state index in [4.69, 9.17) is 5.26 Å². The normalized spacial score (nSPS) is 11.1. The first-order valence-electron chi connectivity index (χ1n) is 5.48. The van der Waals surface area contributed by atoms with E-state index in [-0.39, 0.29) is 6.61 Å². The Morgan fingerprint density at radius 1 is 1.38 bits per heavy atom. The van der Waals surface area contributed by atoms with Crippen LogP contribution in [-0.4, -0.2) is 18.9 Å². The SMILES string of the molecule is CCOC(=O)c1cc(C#N)cc(C(F)F)c1OC(F)(F)F. The van der Waals surface area contributed by atoms with E-state index in [2.05, 4.69) is 9.47 Å². The second-order valence-corrected chi connectivity index (χ2v) is 3.62. The number of benzene rings is 1. The van der Waals surface area contributed by atoms with Crippen molar-refractivity contribution in [3.63, 3.8) is 0 Å². The molecule has 1 rings (SSSR count). The van der Waals surface area contributed by atoms with Gasteiger partial charge in [0.25, 0.3) is 6.43 Å². The fourth-order valence-electron chi connectivity index (χ4n) is 1.47. The van der Waals surface area contributed by atoms with Gasteiger partial charge in [-0.3, -0.25) is 0 Å². The van der Waals surface area contributed by atoms with Crippen LogP contribution in [0.5, 0.6) is 5.75 Å². The van der Waals surface area contributed by atoms with E-state index < -0.39 is 41.2 Å². The van der Waals surface area contributed by atoms with E-state index in [1.165, 1.54) is 13.0 Å². The van der Waals surface area contributed by atoms with E-state index >= 15 is 0 Å². The summed E-state index contributed by atoms with van der Waals surface area (Å²) in [5, 5.41) is 8.69. The highest BCUT2D eigenvalue weighted by Crippen LogP contribution is 2.37. The predicted octanol–water partition coefficient (Wildman–Crippen LogP) is 3.57. The lowest BCUT2D eigenvalue weighted by Crippen LogP contribution is -2.21. The third-order valence-electron chi connectivity index (χ3n) is 2.19. The lowest BCUT2D eigenvalue weighted by atomic mass is 10.0. The number of hydrogen-bond donors (Lipinski definition) is 0. The molecule has 0 saturated carbocycles. The van der Waals surface area contributed by atoms with Gasteiger partial charge in [0.05, 0.1) is 23.8 Å². The molecule has 0 aliphatic rings. The van der Waals surface area contributed by atoms with Crippen molar-refractivity contribution in [3.8, 4) is 11.8 Å². The fourth-order valence-corrected chi connectivity index (χ4v) is 1.47. The Balaban J connectivity index is 3.53. The molecule has 0 atom stereocenters. The third kappa shape index (κ3) is 4.30. The highest BCUT2D eigenvalue weighted by atomic mass is 19.4. The minimum absolute atomic E-state index is 0.189. The van der Waals surface area contributed by atoms with Crippen molar-refractivity contribution in [1.82, 2.24) is 0 Å². The maximum atomic E-state index is 12.8. The standard InChI is InChI=1S/C12H8F5NO3/c1-2-20-11(19)8-4-6(5-18)3-7(10(13)14)9(8)21-12(15,16)17/h3-4,10H,2H2,1H3. The van der Waals surface area contributed by atoms with Gasteiger partial charge in [-0.2, -0.15) is 5.26 Å². The zero-order chi connectivity index (χ0) is 16.2. The average molecular weight is 309 g/mol. The Morgan fingerprint density at radius 3 is 2.43 bits per heavy atom. The molecule has 0 bridgehead atoms. The maximum absolute atomic E-state index is 12.8. The Kier molecular flexibility index (Phi) is 5.07. The quantitative estimate of drug-likeness (QED) is 0.630. The summed E-state index contributed by atoms with van der Waals surface area (Å²) >= 11 is 0. The lowest BCUT2D eigenvalue weighted by molar-refractivity contribution is -0.275. The minimum atomic E-state index is -5.28. The molecule has 4 nitrogen and oxygen atoms in total. The number of nitriles is 1. The van der Waals surface area contributed by atoms with Crippen LogP contribution in [0, 0.1) is 11.3 Å². The number of hydrogen-bond acceptors (Lipinski definition) is 4. The van der Waals surface area contributed by atoms with Gasteiger partial charge < -0.3 is 9.47 Å². The zero-order valence-corrected chi connectivity index (χ0v) is 10.5. The van der Waals surface area contributed by atoms with E-state index in [9.17, 15) is 26.7 Å². The largest absolute Gasteiger partial charge is 0.573 e. The lowest BCUT2D eigenvalue weighted by Gasteiger charge is -2.16. The van der Waals surface area contributed by atoms with Crippen LogP contribution in [-0.2, 0) is 4.74 Å². The van der Waals surface area contributed by atoms with Gasteiger partial charge in [-0.15, -0.1) is 13.2 Å². The minimum Gasteiger partial charge on any atom is -0.462 e. The van der Waals surface area contributed by atoms with Gasteiger partial charge in [-0.05, 0) is 19.1 Å². The topological polar surface area (TPSA) is 59.3 Å². The first-order chi connectivity index (χ1) is 9.69. The second-order valence-electron chi connectivity index (χ2n) is 3.62. The molecular formula is C12H8F5NO3.